The molecular weight excluding hydrogens is 150 g/mol. The molecule has 0 fully saturated rings. The minimum atomic E-state index is 0.678. The van der Waals surface area contributed by atoms with Crippen molar-refractivity contribution in [1.82, 2.24) is 5.32 Å². The van der Waals surface area contributed by atoms with Crippen molar-refractivity contribution in [3.05, 3.63) is 0 Å². The van der Waals surface area contributed by atoms with Gasteiger partial charge in [-0.3, -0.25) is 0 Å². The molecule has 1 unspecified atom stereocenters. The molecule has 0 spiro atoms. The van der Waals surface area contributed by atoms with Crippen LogP contribution in [0, 0.1) is 0 Å². The monoisotopic (exact) mass is 173 g/mol. The molecule has 0 saturated carbocycles. The topological polar surface area (TPSA) is 21.3 Å². The zero-order valence-corrected chi connectivity index (χ0v) is 8.73. The van der Waals surface area contributed by atoms with Crippen LogP contribution in [0.2, 0.25) is 0 Å². The number of hydrogen-bond acceptors (Lipinski definition) is 2. The maximum Gasteiger partial charge on any atom is 0.0462 e. The zero-order valence-electron chi connectivity index (χ0n) is 8.73. The van der Waals surface area contributed by atoms with Crippen LogP contribution in [-0.2, 0) is 4.74 Å². The fraction of sp³-hybridized carbons (Fsp3) is 1.00. The zero-order chi connectivity index (χ0) is 9.23. The predicted octanol–water partition coefficient (Wildman–Crippen LogP) is 2.19. The van der Waals surface area contributed by atoms with E-state index >= 15 is 0 Å². The molecule has 0 aromatic heterocycles. The van der Waals surface area contributed by atoms with Gasteiger partial charge >= 0.3 is 0 Å². The molecule has 0 aliphatic carbocycles. The van der Waals surface area contributed by atoms with Gasteiger partial charge in [-0.15, -0.1) is 0 Å². The van der Waals surface area contributed by atoms with Gasteiger partial charge in [-0.2, -0.15) is 0 Å². The summed E-state index contributed by atoms with van der Waals surface area (Å²) >= 11 is 0. The number of nitrogens with one attached hydrogen (secondary N) is 1. The predicted molar refractivity (Wildman–Crippen MR) is 53.5 cm³/mol. The second-order valence-electron chi connectivity index (χ2n) is 3.34. The van der Waals surface area contributed by atoms with Gasteiger partial charge in [0.2, 0.25) is 0 Å². The van der Waals surface area contributed by atoms with E-state index in [4.69, 9.17) is 4.74 Å². The Morgan fingerprint density at radius 1 is 1.33 bits per heavy atom. The van der Waals surface area contributed by atoms with Crippen molar-refractivity contribution in [1.29, 1.82) is 0 Å². The molecule has 2 heteroatoms. The van der Waals surface area contributed by atoms with E-state index in [1.54, 1.807) is 7.11 Å². The third-order valence-electron chi connectivity index (χ3n) is 1.99. The van der Waals surface area contributed by atoms with E-state index in [0.717, 1.165) is 13.2 Å². The highest BCUT2D eigenvalue weighted by molar-refractivity contribution is 4.58. The molecular formula is C10H23NO. The summed E-state index contributed by atoms with van der Waals surface area (Å²) in [5.41, 5.74) is 0. The van der Waals surface area contributed by atoms with E-state index in [-0.39, 0.29) is 0 Å². The van der Waals surface area contributed by atoms with Crippen molar-refractivity contribution in [3.8, 4) is 0 Å². The van der Waals surface area contributed by atoms with Crippen LogP contribution < -0.4 is 5.32 Å². The van der Waals surface area contributed by atoms with E-state index in [1.165, 1.54) is 25.7 Å². The number of unbranched alkanes of at least 4 members (excludes halogenated alkanes) is 1. The van der Waals surface area contributed by atoms with Crippen molar-refractivity contribution in [2.24, 2.45) is 0 Å². The summed E-state index contributed by atoms with van der Waals surface area (Å²) in [6.45, 7) is 6.50. The van der Waals surface area contributed by atoms with Crippen LogP contribution in [0.1, 0.15) is 39.5 Å². The summed E-state index contributed by atoms with van der Waals surface area (Å²) in [4.78, 5) is 0. The minimum absolute atomic E-state index is 0.678. The van der Waals surface area contributed by atoms with Gasteiger partial charge < -0.3 is 10.1 Å². The quantitative estimate of drug-likeness (QED) is 0.568. The second-order valence-corrected chi connectivity index (χ2v) is 3.34. The van der Waals surface area contributed by atoms with Crippen molar-refractivity contribution in [3.63, 3.8) is 0 Å². The maximum absolute atomic E-state index is 4.97. The molecule has 0 bridgehead atoms. The normalized spacial score (nSPS) is 13.2. The largest absolute Gasteiger partial charge is 0.385 e. The Morgan fingerprint density at radius 3 is 2.67 bits per heavy atom. The van der Waals surface area contributed by atoms with E-state index in [9.17, 15) is 0 Å². The smallest absolute Gasteiger partial charge is 0.0462 e. The Labute approximate surface area is 76.7 Å². The first-order valence-corrected chi connectivity index (χ1v) is 5.03. The van der Waals surface area contributed by atoms with Crippen LogP contribution in [-0.4, -0.2) is 26.3 Å². The van der Waals surface area contributed by atoms with Crippen LogP contribution in [0.15, 0.2) is 0 Å². The van der Waals surface area contributed by atoms with Gasteiger partial charge in [0.25, 0.3) is 0 Å². The highest BCUT2D eigenvalue weighted by atomic mass is 16.5. The van der Waals surface area contributed by atoms with Crippen LogP contribution in [0.5, 0.6) is 0 Å². The Kier molecular flexibility index (Phi) is 8.95. The molecule has 1 N–H and O–H groups in total. The van der Waals surface area contributed by atoms with E-state index < -0.39 is 0 Å². The summed E-state index contributed by atoms with van der Waals surface area (Å²) in [5, 5.41) is 3.49. The van der Waals surface area contributed by atoms with Crippen molar-refractivity contribution in [2.75, 3.05) is 20.3 Å². The van der Waals surface area contributed by atoms with Crippen molar-refractivity contribution in [2.45, 2.75) is 45.6 Å². The molecule has 2 nitrogen and oxygen atoms in total. The minimum Gasteiger partial charge on any atom is -0.385 e. The Bertz CT molecular complexity index is 85.9. The molecule has 1 atom stereocenters. The van der Waals surface area contributed by atoms with E-state index in [1.807, 2.05) is 0 Å². The lowest BCUT2D eigenvalue weighted by Crippen LogP contribution is -2.26. The molecule has 0 aliphatic rings. The van der Waals surface area contributed by atoms with Gasteiger partial charge in [-0.1, -0.05) is 13.3 Å². The number of rotatable bonds is 8. The van der Waals surface area contributed by atoms with Crippen molar-refractivity contribution >= 4 is 0 Å². The van der Waals surface area contributed by atoms with Crippen LogP contribution in [0.3, 0.4) is 0 Å². The van der Waals surface area contributed by atoms with Crippen LogP contribution in [0.4, 0.5) is 0 Å². The summed E-state index contributed by atoms with van der Waals surface area (Å²) in [5.74, 6) is 0. The Balaban J connectivity index is 2.97. The molecule has 0 aromatic rings. The summed E-state index contributed by atoms with van der Waals surface area (Å²) in [6, 6.07) is 0.678. The molecule has 0 aliphatic heterocycles. The number of ether oxygens (including phenoxy) is 1. The molecule has 0 aromatic carbocycles. The highest BCUT2D eigenvalue weighted by Crippen LogP contribution is 1.95. The first-order chi connectivity index (χ1) is 5.81. The van der Waals surface area contributed by atoms with Gasteiger partial charge in [0.1, 0.15) is 0 Å². The molecule has 0 rings (SSSR count). The van der Waals surface area contributed by atoms with Crippen LogP contribution >= 0.6 is 0 Å². The first kappa shape index (κ1) is 11.9. The average molecular weight is 173 g/mol. The summed E-state index contributed by atoms with van der Waals surface area (Å²) in [6.07, 6.45) is 4.95. The maximum atomic E-state index is 4.97. The SMILES string of the molecule is CCCC(C)NCCCCOC. The third kappa shape index (κ3) is 8.02. The molecule has 0 amide bonds. The second kappa shape index (κ2) is 9.01. The fourth-order valence-electron chi connectivity index (χ4n) is 1.25. The molecule has 0 radical (unpaired) electrons. The highest BCUT2D eigenvalue weighted by Gasteiger charge is 1.97. The van der Waals surface area contributed by atoms with Gasteiger partial charge in [0, 0.05) is 19.8 Å². The fourth-order valence-corrected chi connectivity index (χ4v) is 1.25. The average Bonchev–Trinajstić information content (AvgIpc) is 2.05. The van der Waals surface area contributed by atoms with Crippen molar-refractivity contribution < 1.29 is 4.74 Å². The molecule has 0 saturated heterocycles. The standard InChI is InChI=1S/C10H23NO/c1-4-7-10(2)11-8-5-6-9-12-3/h10-11H,4-9H2,1-3H3. The number of methoxy groups -OCH3 is 1. The third-order valence-corrected chi connectivity index (χ3v) is 1.99. The first-order valence-electron chi connectivity index (χ1n) is 5.03. The van der Waals surface area contributed by atoms with Gasteiger partial charge in [0.05, 0.1) is 0 Å². The van der Waals surface area contributed by atoms with Gasteiger partial charge in [-0.05, 0) is 32.7 Å². The van der Waals surface area contributed by atoms with E-state index in [0.29, 0.717) is 6.04 Å². The van der Waals surface area contributed by atoms with Gasteiger partial charge in [0.15, 0.2) is 0 Å². The molecule has 0 heterocycles. The van der Waals surface area contributed by atoms with Crippen LogP contribution in [0.25, 0.3) is 0 Å². The Hall–Kier alpha value is -0.0800. The lowest BCUT2D eigenvalue weighted by atomic mass is 10.2. The summed E-state index contributed by atoms with van der Waals surface area (Å²) < 4.78 is 4.97. The lowest BCUT2D eigenvalue weighted by molar-refractivity contribution is 0.192. The van der Waals surface area contributed by atoms with Gasteiger partial charge in [-0.25, -0.2) is 0 Å². The lowest BCUT2D eigenvalue weighted by Gasteiger charge is -2.11. The molecule has 12 heavy (non-hydrogen) atoms. The Morgan fingerprint density at radius 2 is 2.08 bits per heavy atom. The number of hydrogen-bond donors (Lipinski definition) is 1. The van der Waals surface area contributed by atoms with E-state index in [2.05, 4.69) is 19.2 Å². The summed E-state index contributed by atoms with van der Waals surface area (Å²) in [7, 11) is 1.76. The molecule has 74 valence electrons.